The first-order valence-electron chi connectivity index (χ1n) is 6.72. The van der Waals surface area contributed by atoms with E-state index >= 15 is 0 Å². The van der Waals surface area contributed by atoms with Crippen molar-refractivity contribution in [2.45, 2.75) is 6.54 Å². The molecular weight excluding hydrogens is 262 g/mol. The van der Waals surface area contributed by atoms with Crippen molar-refractivity contribution in [3.63, 3.8) is 0 Å². The Morgan fingerprint density at radius 2 is 2.14 bits per heavy atom. The maximum absolute atomic E-state index is 7.51. The summed E-state index contributed by atoms with van der Waals surface area (Å²) in [6.07, 6.45) is 4.02. The number of nitrogens with two attached hydrogens (primary N) is 1. The third-order valence-electron chi connectivity index (χ3n) is 3.41. The second-order valence-electron chi connectivity index (χ2n) is 5.02. The van der Waals surface area contributed by atoms with E-state index in [0.717, 1.165) is 22.6 Å². The number of nitrogens with one attached hydrogen (secondary N) is 1. The molecule has 1 aromatic carbocycles. The Hall–Kier alpha value is -2.82. The lowest BCUT2D eigenvalue weighted by atomic mass is 10.1. The minimum absolute atomic E-state index is 0.0815. The van der Waals surface area contributed by atoms with Gasteiger partial charge in [-0.2, -0.15) is 0 Å². The number of nitrogens with zero attached hydrogens (tertiary/aromatic N) is 3. The maximum Gasteiger partial charge on any atom is 0.137 e. The fourth-order valence-corrected chi connectivity index (χ4v) is 2.31. The van der Waals surface area contributed by atoms with Gasteiger partial charge >= 0.3 is 0 Å². The summed E-state index contributed by atoms with van der Waals surface area (Å²) < 4.78 is 2.01. The summed E-state index contributed by atoms with van der Waals surface area (Å²) in [5, 5.41) is 7.51. The summed E-state index contributed by atoms with van der Waals surface area (Å²) in [4.78, 5) is 6.68. The van der Waals surface area contributed by atoms with Crippen molar-refractivity contribution < 1.29 is 0 Å². The molecule has 0 aliphatic carbocycles. The van der Waals surface area contributed by atoms with Gasteiger partial charge in [0.2, 0.25) is 0 Å². The molecule has 3 rings (SSSR count). The standard InChI is InChI=1S/C16H17N5/c1-20(14-6-4-5-12(9-14)16(17)18)10-13-11-21-8-3-2-7-15(21)19-13/h2-9,11H,10H2,1H3,(H3,17,18). The Bertz CT molecular complexity index is 757. The van der Waals surface area contributed by atoms with Crippen molar-refractivity contribution in [2.75, 3.05) is 11.9 Å². The Morgan fingerprint density at radius 3 is 2.90 bits per heavy atom. The van der Waals surface area contributed by atoms with Gasteiger partial charge in [-0.25, -0.2) is 4.98 Å². The molecule has 0 saturated carbocycles. The minimum Gasteiger partial charge on any atom is -0.384 e. The van der Waals surface area contributed by atoms with E-state index in [4.69, 9.17) is 11.1 Å². The highest BCUT2D eigenvalue weighted by atomic mass is 15.1. The first-order chi connectivity index (χ1) is 10.1. The van der Waals surface area contributed by atoms with Gasteiger partial charge in [-0.1, -0.05) is 18.2 Å². The molecule has 106 valence electrons. The van der Waals surface area contributed by atoms with Crippen LogP contribution in [0.15, 0.2) is 54.9 Å². The topological polar surface area (TPSA) is 70.4 Å². The van der Waals surface area contributed by atoms with Crippen LogP contribution in [-0.2, 0) is 6.54 Å². The third kappa shape index (κ3) is 2.72. The molecule has 5 nitrogen and oxygen atoms in total. The number of amidine groups is 1. The second-order valence-corrected chi connectivity index (χ2v) is 5.02. The van der Waals surface area contributed by atoms with Crippen LogP contribution in [0.5, 0.6) is 0 Å². The van der Waals surface area contributed by atoms with Crippen molar-refractivity contribution in [3.05, 3.63) is 66.1 Å². The van der Waals surface area contributed by atoms with Crippen LogP contribution in [0, 0.1) is 5.41 Å². The predicted octanol–water partition coefficient (Wildman–Crippen LogP) is 2.25. The van der Waals surface area contributed by atoms with Crippen LogP contribution in [0.4, 0.5) is 5.69 Å². The molecule has 2 aromatic heterocycles. The van der Waals surface area contributed by atoms with Crippen LogP contribution in [0.1, 0.15) is 11.3 Å². The van der Waals surface area contributed by atoms with Gasteiger partial charge in [-0.15, -0.1) is 0 Å². The van der Waals surface area contributed by atoms with Crippen LogP contribution in [-0.4, -0.2) is 22.3 Å². The van der Waals surface area contributed by atoms with E-state index in [1.165, 1.54) is 0 Å². The van der Waals surface area contributed by atoms with E-state index in [1.807, 2.05) is 66.3 Å². The number of fused-ring (bicyclic) bond motifs is 1. The van der Waals surface area contributed by atoms with Crippen LogP contribution >= 0.6 is 0 Å². The van der Waals surface area contributed by atoms with E-state index in [-0.39, 0.29) is 5.84 Å². The zero-order valence-corrected chi connectivity index (χ0v) is 11.8. The van der Waals surface area contributed by atoms with Crippen LogP contribution in [0.25, 0.3) is 5.65 Å². The molecule has 0 fully saturated rings. The lowest BCUT2D eigenvalue weighted by molar-refractivity contribution is 0.896. The second kappa shape index (κ2) is 5.28. The monoisotopic (exact) mass is 279 g/mol. The zero-order valence-electron chi connectivity index (χ0n) is 11.8. The van der Waals surface area contributed by atoms with E-state index in [1.54, 1.807) is 0 Å². The Morgan fingerprint density at radius 1 is 1.29 bits per heavy atom. The molecule has 2 heterocycles. The summed E-state index contributed by atoms with van der Waals surface area (Å²) in [5.74, 6) is 0.0815. The summed E-state index contributed by atoms with van der Waals surface area (Å²) in [7, 11) is 2.00. The first-order valence-corrected chi connectivity index (χ1v) is 6.72. The van der Waals surface area contributed by atoms with Gasteiger partial charge in [-0.05, 0) is 24.3 Å². The summed E-state index contributed by atoms with van der Waals surface area (Å²) in [6.45, 7) is 0.697. The zero-order chi connectivity index (χ0) is 14.8. The Labute approximate surface area is 123 Å². The van der Waals surface area contributed by atoms with Gasteiger partial charge in [0, 0.05) is 30.7 Å². The molecule has 0 saturated heterocycles. The van der Waals surface area contributed by atoms with Gasteiger partial charge in [0.15, 0.2) is 0 Å². The largest absolute Gasteiger partial charge is 0.384 e. The van der Waals surface area contributed by atoms with Gasteiger partial charge in [0.25, 0.3) is 0 Å². The van der Waals surface area contributed by atoms with E-state index in [0.29, 0.717) is 6.54 Å². The predicted molar refractivity (Wildman–Crippen MR) is 84.8 cm³/mol. The maximum atomic E-state index is 7.51. The SMILES string of the molecule is CN(Cc1cn2ccccc2n1)c1cccc(C(=N)N)c1. The number of nitrogen functional groups attached to an aromatic ring is 1. The molecule has 0 atom stereocenters. The van der Waals surface area contributed by atoms with Gasteiger partial charge < -0.3 is 15.0 Å². The summed E-state index contributed by atoms with van der Waals surface area (Å²) in [6, 6.07) is 13.6. The molecule has 0 aliphatic heterocycles. The lowest BCUT2D eigenvalue weighted by Gasteiger charge is -2.18. The van der Waals surface area contributed by atoms with Crippen molar-refractivity contribution in [3.8, 4) is 0 Å². The lowest BCUT2D eigenvalue weighted by Crippen LogP contribution is -2.18. The highest BCUT2D eigenvalue weighted by Crippen LogP contribution is 2.17. The number of anilines is 1. The van der Waals surface area contributed by atoms with Crippen molar-refractivity contribution in [1.29, 1.82) is 5.41 Å². The number of hydrogen-bond donors (Lipinski definition) is 2. The first kappa shape index (κ1) is 13.2. The molecule has 0 spiro atoms. The number of imidazole rings is 1. The molecule has 3 aromatic rings. The highest BCUT2D eigenvalue weighted by Gasteiger charge is 2.07. The summed E-state index contributed by atoms with van der Waals surface area (Å²) >= 11 is 0. The molecule has 0 amide bonds. The molecule has 5 heteroatoms. The number of benzene rings is 1. The number of pyridine rings is 1. The van der Waals surface area contributed by atoms with Crippen LogP contribution < -0.4 is 10.6 Å². The normalized spacial score (nSPS) is 10.7. The van der Waals surface area contributed by atoms with Crippen LogP contribution in [0.2, 0.25) is 0 Å². The Kier molecular flexibility index (Phi) is 3.31. The van der Waals surface area contributed by atoms with Crippen molar-refractivity contribution >= 4 is 17.2 Å². The Balaban J connectivity index is 1.83. The van der Waals surface area contributed by atoms with Gasteiger partial charge in [0.1, 0.15) is 11.5 Å². The fraction of sp³-hybridized carbons (Fsp3) is 0.125. The van der Waals surface area contributed by atoms with Crippen LogP contribution in [0.3, 0.4) is 0 Å². The third-order valence-corrected chi connectivity index (χ3v) is 3.41. The molecule has 0 bridgehead atoms. The average molecular weight is 279 g/mol. The van der Waals surface area contributed by atoms with E-state index in [2.05, 4.69) is 9.88 Å². The van der Waals surface area contributed by atoms with E-state index < -0.39 is 0 Å². The average Bonchev–Trinajstić information content (AvgIpc) is 2.89. The molecule has 0 unspecified atom stereocenters. The van der Waals surface area contributed by atoms with Crippen molar-refractivity contribution in [2.24, 2.45) is 5.73 Å². The smallest absolute Gasteiger partial charge is 0.137 e. The fourth-order valence-electron chi connectivity index (χ4n) is 2.31. The molecule has 0 radical (unpaired) electrons. The molecular formula is C16H17N5. The number of rotatable bonds is 4. The van der Waals surface area contributed by atoms with Gasteiger partial charge in [-0.3, -0.25) is 5.41 Å². The highest BCUT2D eigenvalue weighted by molar-refractivity contribution is 5.95. The molecule has 0 aliphatic rings. The quantitative estimate of drug-likeness (QED) is 0.568. The molecule has 3 N–H and O–H groups in total. The van der Waals surface area contributed by atoms with Crippen molar-refractivity contribution in [1.82, 2.24) is 9.38 Å². The van der Waals surface area contributed by atoms with E-state index in [9.17, 15) is 0 Å². The molecule has 21 heavy (non-hydrogen) atoms. The number of hydrogen-bond acceptors (Lipinski definition) is 3. The minimum atomic E-state index is 0.0815. The van der Waals surface area contributed by atoms with Gasteiger partial charge in [0.05, 0.1) is 12.2 Å². The number of aromatic nitrogens is 2. The summed E-state index contributed by atoms with van der Waals surface area (Å²) in [5.41, 5.74) is 9.22.